The number of amides is 1. The molecular weight excluding hydrogens is 436 g/mol. The summed E-state index contributed by atoms with van der Waals surface area (Å²) in [7, 11) is 0. The predicted molar refractivity (Wildman–Crippen MR) is 117 cm³/mol. The van der Waals surface area contributed by atoms with Crippen LogP contribution in [-0.4, -0.2) is 57.3 Å². The molecular formula is C22H27ClN4O5. The first-order chi connectivity index (χ1) is 15.0. The summed E-state index contributed by atoms with van der Waals surface area (Å²) in [5, 5.41) is 8.65. The van der Waals surface area contributed by atoms with Crippen LogP contribution in [0.1, 0.15) is 58.7 Å². The van der Waals surface area contributed by atoms with E-state index >= 15 is 0 Å². The van der Waals surface area contributed by atoms with Crippen molar-refractivity contribution in [2.75, 3.05) is 19.7 Å². The molecule has 172 valence electrons. The molecule has 9 nitrogen and oxygen atoms in total. The van der Waals surface area contributed by atoms with Gasteiger partial charge < -0.3 is 23.5 Å². The summed E-state index contributed by atoms with van der Waals surface area (Å²) < 4.78 is 22.5. The third-order valence-corrected chi connectivity index (χ3v) is 5.27. The average molecular weight is 463 g/mol. The summed E-state index contributed by atoms with van der Waals surface area (Å²) in [4.78, 5) is 18.4. The first kappa shape index (κ1) is 22.7. The lowest BCUT2D eigenvalue weighted by molar-refractivity contribution is -0.141. The number of rotatable bonds is 3. The van der Waals surface area contributed by atoms with E-state index in [0.29, 0.717) is 54.2 Å². The molecule has 2 aromatic rings. The maximum atomic E-state index is 12.3. The number of hydrogen-bond donors (Lipinski definition) is 0. The standard InChI is InChI=1S/C22H27ClN4O5/c1-21(2,3)32-20(28)27-8-6-13(7-9-27)17-15(23)10-14(11-24-17)18-25-26-19(30-18)16-12-29-22(4,5)31-16/h6,10-11,16H,7-9,12H2,1-5H3. The Morgan fingerprint density at radius 3 is 2.69 bits per heavy atom. The lowest BCUT2D eigenvalue weighted by atomic mass is 10.0. The molecule has 2 aliphatic rings. The van der Waals surface area contributed by atoms with Gasteiger partial charge in [-0.3, -0.25) is 4.98 Å². The predicted octanol–water partition coefficient (Wildman–Crippen LogP) is 4.63. The van der Waals surface area contributed by atoms with Gasteiger partial charge in [0, 0.05) is 19.3 Å². The van der Waals surface area contributed by atoms with Gasteiger partial charge in [0.2, 0.25) is 11.8 Å². The summed E-state index contributed by atoms with van der Waals surface area (Å²) in [6, 6.07) is 1.75. The van der Waals surface area contributed by atoms with Crippen LogP contribution in [0.2, 0.25) is 5.02 Å². The molecule has 1 amide bonds. The molecule has 4 rings (SSSR count). The Balaban J connectivity index is 1.45. The number of ether oxygens (including phenoxy) is 3. The van der Waals surface area contributed by atoms with Crippen molar-refractivity contribution in [2.45, 2.75) is 58.5 Å². The average Bonchev–Trinajstić information content (AvgIpc) is 3.33. The van der Waals surface area contributed by atoms with Crippen molar-refractivity contribution in [1.82, 2.24) is 20.1 Å². The molecule has 0 aliphatic carbocycles. The highest BCUT2D eigenvalue weighted by atomic mass is 35.5. The minimum Gasteiger partial charge on any atom is -0.444 e. The second-order valence-corrected chi connectivity index (χ2v) is 9.63. The quantitative estimate of drug-likeness (QED) is 0.650. The van der Waals surface area contributed by atoms with Gasteiger partial charge in [-0.05, 0) is 52.7 Å². The summed E-state index contributed by atoms with van der Waals surface area (Å²) in [6.07, 6.45) is 3.50. The maximum Gasteiger partial charge on any atom is 0.410 e. The van der Waals surface area contributed by atoms with E-state index in [-0.39, 0.29) is 6.09 Å². The van der Waals surface area contributed by atoms with Crippen LogP contribution in [-0.2, 0) is 14.2 Å². The molecule has 10 heteroatoms. The fourth-order valence-electron chi connectivity index (χ4n) is 3.46. The number of aromatic nitrogens is 3. The minimum absolute atomic E-state index is 0.308. The van der Waals surface area contributed by atoms with Gasteiger partial charge in [-0.15, -0.1) is 10.2 Å². The Hall–Kier alpha value is -2.49. The van der Waals surface area contributed by atoms with Crippen LogP contribution in [0.25, 0.3) is 17.0 Å². The van der Waals surface area contributed by atoms with E-state index in [1.54, 1.807) is 17.2 Å². The van der Waals surface area contributed by atoms with Gasteiger partial charge in [0.15, 0.2) is 11.9 Å². The highest BCUT2D eigenvalue weighted by Crippen LogP contribution is 2.34. The van der Waals surface area contributed by atoms with Crippen molar-refractivity contribution in [3.8, 4) is 11.5 Å². The molecule has 0 spiro atoms. The zero-order chi connectivity index (χ0) is 23.1. The summed E-state index contributed by atoms with van der Waals surface area (Å²) in [5.74, 6) is -0.0236. The van der Waals surface area contributed by atoms with Crippen LogP contribution in [0.15, 0.2) is 22.8 Å². The van der Waals surface area contributed by atoms with E-state index < -0.39 is 17.5 Å². The van der Waals surface area contributed by atoms with Crippen LogP contribution in [0.3, 0.4) is 0 Å². The number of pyridine rings is 1. The molecule has 1 saturated heterocycles. The number of carbonyl (C=O) groups excluding carboxylic acids is 1. The molecule has 0 N–H and O–H groups in total. The first-order valence-corrected chi connectivity index (χ1v) is 10.9. The maximum absolute atomic E-state index is 12.3. The van der Waals surface area contributed by atoms with Gasteiger partial charge in [-0.1, -0.05) is 17.7 Å². The van der Waals surface area contributed by atoms with E-state index in [0.717, 1.165) is 5.57 Å². The zero-order valence-electron chi connectivity index (χ0n) is 18.8. The Kier molecular flexibility index (Phi) is 6.00. The third-order valence-electron chi connectivity index (χ3n) is 4.98. The van der Waals surface area contributed by atoms with Crippen LogP contribution in [0, 0.1) is 0 Å². The topological polar surface area (TPSA) is 99.8 Å². The fraction of sp³-hybridized carbons (Fsp3) is 0.545. The normalized spacial score (nSPS) is 20.9. The van der Waals surface area contributed by atoms with Crippen molar-refractivity contribution >= 4 is 23.3 Å². The van der Waals surface area contributed by atoms with E-state index in [9.17, 15) is 4.79 Å². The van der Waals surface area contributed by atoms with E-state index in [2.05, 4.69) is 15.2 Å². The number of nitrogens with zero attached hydrogens (tertiary/aromatic N) is 4. The Labute approximate surface area is 191 Å². The summed E-state index contributed by atoms with van der Waals surface area (Å²) in [6.45, 7) is 10.5. The highest BCUT2D eigenvalue weighted by molar-refractivity contribution is 6.32. The second kappa shape index (κ2) is 8.46. The van der Waals surface area contributed by atoms with Crippen LogP contribution in [0.4, 0.5) is 4.79 Å². The SMILES string of the molecule is CC(C)(C)OC(=O)N1CC=C(c2ncc(-c3nnc(C4COC(C)(C)O4)o3)cc2Cl)CC1. The molecule has 1 unspecified atom stereocenters. The summed E-state index contributed by atoms with van der Waals surface area (Å²) >= 11 is 6.53. The lowest BCUT2D eigenvalue weighted by Crippen LogP contribution is -2.39. The summed E-state index contributed by atoms with van der Waals surface area (Å²) in [5.41, 5.74) is 1.74. The molecule has 0 bridgehead atoms. The Morgan fingerprint density at radius 2 is 2.09 bits per heavy atom. The van der Waals surface area contributed by atoms with Crippen molar-refractivity contribution in [3.63, 3.8) is 0 Å². The molecule has 0 radical (unpaired) electrons. The molecule has 2 aliphatic heterocycles. The molecule has 0 saturated carbocycles. The van der Waals surface area contributed by atoms with Gasteiger partial charge in [0.05, 0.1) is 22.9 Å². The van der Waals surface area contributed by atoms with Crippen LogP contribution in [0.5, 0.6) is 0 Å². The minimum atomic E-state index is -0.682. The zero-order valence-corrected chi connectivity index (χ0v) is 19.6. The molecule has 4 heterocycles. The second-order valence-electron chi connectivity index (χ2n) is 9.22. The van der Waals surface area contributed by atoms with E-state index in [1.165, 1.54) is 0 Å². The van der Waals surface area contributed by atoms with Crippen LogP contribution >= 0.6 is 11.6 Å². The third kappa shape index (κ3) is 5.11. The number of hydrogen-bond acceptors (Lipinski definition) is 8. The molecule has 0 aromatic carbocycles. The van der Waals surface area contributed by atoms with Gasteiger partial charge in [0.1, 0.15) is 5.60 Å². The molecule has 2 aromatic heterocycles. The van der Waals surface area contributed by atoms with Gasteiger partial charge in [-0.2, -0.15) is 0 Å². The highest BCUT2D eigenvalue weighted by Gasteiger charge is 2.37. The van der Waals surface area contributed by atoms with E-state index in [4.69, 9.17) is 30.2 Å². The van der Waals surface area contributed by atoms with Crippen molar-refractivity contribution in [2.24, 2.45) is 0 Å². The smallest absolute Gasteiger partial charge is 0.410 e. The largest absolute Gasteiger partial charge is 0.444 e. The van der Waals surface area contributed by atoms with Crippen LogP contribution < -0.4 is 0 Å². The molecule has 1 fully saturated rings. The first-order valence-electron chi connectivity index (χ1n) is 10.5. The van der Waals surface area contributed by atoms with Crippen molar-refractivity contribution in [3.05, 3.63) is 34.9 Å². The monoisotopic (exact) mass is 462 g/mol. The lowest BCUT2D eigenvalue weighted by Gasteiger charge is -2.29. The van der Waals surface area contributed by atoms with E-state index in [1.807, 2.05) is 40.7 Å². The number of halogens is 1. The Morgan fingerprint density at radius 1 is 1.31 bits per heavy atom. The Bertz CT molecular complexity index is 1040. The van der Waals surface area contributed by atoms with Crippen molar-refractivity contribution in [1.29, 1.82) is 0 Å². The number of carbonyl (C=O) groups is 1. The van der Waals surface area contributed by atoms with Gasteiger partial charge in [-0.25, -0.2) is 4.79 Å². The fourth-order valence-corrected chi connectivity index (χ4v) is 3.75. The van der Waals surface area contributed by atoms with Gasteiger partial charge in [0.25, 0.3) is 0 Å². The molecule has 32 heavy (non-hydrogen) atoms. The van der Waals surface area contributed by atoms with Crippen molar-refractivity contribution < 1.29 is 23.4 Å². The molecule has 1 atom stereocenters. The van der Waals surface area contributed by atoms with Gasteiger partial charge >= 0.3 is 6.09 Å².